The van der Waals surface area contributed by atoms with Crippen LogP contribution in [-0.2, 0) is 19.5 Å². The van der Waals surface area contributed by atoms with Crippen molar-refractivity contribution in [1.29, 1.82) is 0 Å². The third kappa shape index (κ3) is 1.69. The fourth-order valence-corrected chi connectivity index (χ4v) is 2.49. The van der Waals surface area contributed by atoms with Crippen molar-refractivity contribution >= 4 is 0 Å². The van der Waals surface area contributed by atoms with Crippen molar-refractivity contribution in [2.45, 2.75) is 26.4 Å². The smallest absolute Gasteiger partial charge is 0.139 e. The van der Waals surface area contributed by atoms with Gasteiger partial charge in [0, 0.05) is 43.0 Å². The lowest BCUT2D eigenvalue weighted by Crippen LogP contribution is -2.02. The highest BCUT2D eigenvalue weighted by Gasteiger charge is 2.18. The van der Waals surface area contributed by atoms with Crippen LogP contribution in [0.4, 0.5) is 0 Å². The van der Waals surface area contributed by atoms with Gasteiger partial charge in [-0.2, -0.15) is 0 Å². The van der Waals surface area contributed by atoms with Crippen LogP contribution >= 0.6 is 0 Å². The van der Waals surface area contributed by atoms with Gasteiger partial charge in [-0.25, -0.2) is 4.98 Å². The Morgan fingerprint density at radius 1 is 1.44 bits per heavy atom. The first-order valence-electron chi connectivity index (χ1n) is 6.33. The molecule has 0 aliphatic carbocycles. The van der Waals surface area contributed by atoms with Crippen LogP contribution in [0.25, 0.3) is 11.4 Å². The molecular weight excluding hydrogens is 226 g/mol. The van der Waals surface area contributed by atoms with E-state index < -0.39 is 0 Å². The molecule has 1 aliphatic heterocycles. The summed E-state index contributed by atoms with van der Waals surface area (Å²) in [5, 5.41) is 0. The van der Waals surface area contributed by atoms with Crippen molar-refractivity contribution in [1.82, 2.24) is 9.55 Å². The number of aryl methyl sites for hydroxylation is 1. The average molecular weight is 243 g/mol. The molecule has 0 radical (unpaired) electrons. The zero-order valence-electron chi connectivity index (χ0n) is 10.5. The van der Waals surface area contributed by atoms with E-state index in [-0.39, 0.29) is 0 Å². The number of aromatic nitrogens is 2. The summed E-state index contributed by atoms with van der Waals surface area (Å²) < 4.78 is 7.78. The van der Waals surface area contributed by atoms with Crippen LogP contribution in [0, 0.1) is 0 Å². The maximum Gasteiger partial charge on any atom is 0.139 e. The van der Waals surface area contributed by atoms with E-state index >= 15 is 0 Å². The van der Waals surface area contributed by atoms with Crippen LogP contribution in [-0.4, -0.2) is 16.2 Å². The molecule has 1 aliphatic rings. The van der Waals surface area contributed by atoms with E-state index in [1.165, 1.54) is 5.56 Å². The lowest BCUT2D eigenvalue weighted by molar-refractivity contribution is 0.353. The highest BCUT2D eigenvalue weighted by Crippen LogP contribution is 2.34. The van der Waals surface area contributed by atoms with E-state index in [4.69, 9.17) is 10.5 Å². The topological polar surface area (TPSA) is 53.1 Å². The highest BCUT2D eigenvalue weighted by atomic mass is 16.5. The van der Waals surface area contributed by atoms with Gasteiger partial charge in [0.2, 0.25) is 0 Å². The van der Waals surface area contributed by atoms with E-state index in [1.54, 1.807) is 0 Å². The Morgan fingerprint density at radius 3 is 3.11 bits per heavy atom. The fraction of sp³-hybridized carbons (Fsp3) is 0.357. The average Bonchev–Trinajstić information content (AvgIpc) is 3.05. The quantitative estimate of drug-likeness (QED) is 0.896. The van der Waals surface area contributed by atoms with Gasteiger partial charge in [-0.15, -0.1) is 0 Å². The van der Waals surface area contributed by atoms with Crippen LogP contribution in [0.3, 0.4) is 0 Å². The minimum atomic E-state index is 0.503. The van der Waals surface area contributed by atoms with E-state index in [9.17, 15) is 0 Å². The van der Waals surface area contributed by atoms with E-state index in [0.29, 0.717) is 6.54 Å². The highest BCUT2D eigenvalue weighted by molar-refractivity contribution is 5.63. The molecule has 4 nitrogen and oxygen atoms in total. The van der Waals surface area contributed by atoms with Gasteiger partial charge >= 0.3 is 0 Å². The van der Waals surface area contributed by atoms with Gasteiger partial charge in [-0.3, -0.25) is 0 Å². The molecule has 0 spiro atoms. The van der Waals surface area contributed by atoms with Crippen LogP contribution in [0.2, 0.25) is 0 Å². The number of hydrogen-bond donors (Lipinski definition) is 1. The Labute approximate surface area is 106 Å². The number of rotatable bonds is 3. The molecule has 1 aromatic heterocycles. The van der Waals surface area contributed by atoms with Gasteiger partial charge in [-0.1, -0.05) is 0 Å². The Morgan fingerprint density at radius 2 is 2.33 bits per heavy atom. The Hall–Kier alpha value is -1.81. The summed E-state index contributed by atoms with van der Waals surface area (Å²) in [7, 11) is 0. The number of benzene rings is 1. The molecule has 18 heavy (non-hydrogen) atoms. The summed E-state index contributed by atoms with van der Waals surface area (Å²) in [4.78, 5) is 4.44. The molecule has 0 bridgehead atoms. The number of imidazole rings is 1. The van der Waals surface area contributed by atoms with Gasteiger partial charge in [0.15, 0.2) is 0 Å². The van der Waals surface area contributed by atoms with Gasteiger partial charge in [0.05, 0.1) is 6.61 Å². The third-order valence-corrected chi connectivity index (χ3v) is 3.39. The molecular formula is C14H17N3O. The molecule has 0 saturated carbocycles. The van der Waals surface area contributed by atoms with E-state index in [2.05, 4.69) is 28.6 Å². The number of nitrogens with two attached hydrogens (primary N) is 1. The maximum absolute atomic E-state index is 5.81. The number of nitrogens with zero attached hydrogens (tertiary/aromatic N) is 2. The first-order valence-corrected chi connectivity index (χ1v) is 6.33. The largest absolute Gasteiger partial charge is 0.493 e. The monoisotopic (exact) mass is 243 g/mol. The van der Waals surface area contributed by atoms with Crippen LogP contribution in [0.5, 0.6) is 5.75 Å². The van der Waals surface area contributed by atoms with E-state index in [0.717, 1.165) is 42.3 Å². The number of fused-ring (bicyclic) bond motifs is 1. The maximum atomic E-state index is 5.81. The predicted octanol–water partition coefficient (Wildman–Crippen LogP) is 1.96. The second-order valence-electron chi connectivity index (χ2n) is 4.46. The summed E-state index contributed by atoms with van der Waals surface area (Å²) in [6.07, 6.45) is 4.80. The van der Waals surface area contributed by atoms with Crippen LogP contribution in [0.15, 0.2) is 24.5 Å². The Kier molecular flexibility index (Phi) is 2.80. The number of ether oxygens (including phenoxy) is 1. The minimum Gasteiger partial charge on any atom is -0.493 e. The summed E-state index contributed by atoms with van der Waals surface area (Å²) in [6, 6.07) is 4.27. The van der Waals surface area contributed by atoms with Crippen molar-refractivity contribution < 1.29 is 4.74 Å². The third-order valence-electron chi connectivity index (χ3n) is 3.39. The summed E-state index contributed by atoms with van der Waals surface area (Å²) in [6.45, 7) is 4.30. The molecule has 2 heterocycles. The molecule has 94 valence electrons. The van der Waals surface area contributed by atoms with Crippen molar-refractivity contribution in [3.8, 4) is 17.1 Å². The second-order valence-corrected chi connectivity index (χ2v) is 4.46. The van der Waals surface area contributed by atoms with Gasteiger partial charge in [0.1, 0.15) is 11.6 Å². The Balaban J connectivity index is 2.13. The predicted molar refractivity (Wildman–Crippen MR) is 70.4 cm³/mol. The molecule has 3 rings (SSSR count). The van der Waals surface area contributed by atoms with E-state index in [1.807, 2.05) is 12.4 Å². The van der Waals surface area contributed by atoms with Crippen molar-refractivity contribution in [3.05, 3.63) is 35.7 Å². The van der Waals surface area contributed by atoms with Gasteiger partial charge in [0.25, 0.3) is 0 Å². The second kappa shape index (κ2) is 4.46. The van der Waals surface area contributed by atoms with Crippen LogP contribution < -0.4 is 10.5 Å². The minimum absolute atomic E-state index is 0.503. The molecule has 4 heteroatoms. The lowest BCUT2D eigenvalue weighted by atomic mass is 10.0. The van der Waals surface area contributed by atoms with Crippen molar-refractivity contribution in [3.63, 3.8) is 0 Å². The SMILES string of the molecule is CCn1ccnc1-c1cc(CN)c2c(c1)CCO2. The number of hydrogen-bond acceptors (Lipinski definition) is 3. The summed E-state index contributed by atoms with van der Waals surface area (Å²) in [5.41, 5.74) is 9.26. The fourth-order valence-electron chi connectivity index (χ4n) is 2.49. The van der Waals surface area contributed by atoms with Gasteiger partial charge < -0.3 is 15.0 Å². The normalized spacial score (nSPS) is 13.4. The summed E-state index contributed by atoms with van der Waals surface area (Å²) >= 11 is 0. The lowest BCUT2D eigenvalue weighted by Gasteiger charge is -2.10. The van der Waals surface area contributed by atoms with Crippen LogP contribution in [0.1, 0.15) is 18.1 Å². The molecule has 2 N–H and O–H groups in total. The first kappa shape index (κ1) is 11.3. The summed E-state index contributed by atoms with van der Waals surface area (Å²) in [5.74, 6) is 1.98. The first-order chi connectivity index (χ1) is 8.83. The molecule has 0 atom stereocenters. The molecule has 2 aromatic rings. The molecule has 0 saturated heterocycles. The van der Waals surface area contributed by atoms with Crippen molar-refractivity contribution in [2.75, 3.05) is 6.61 Å². The molecule has 1 aromatic carbocycles. The zero-order chi connectivity index (χ0) is 12.5. The van der Waals surface area contributed by atoms with Gasteiger partial charge in [-0.05, 0) is 24.6 Å². The molecule has 0 fully saturated rings. The Bertz CT molecular complexity index is 574. The standard InChI is InChI=1S/C14H17N3O/c1-2-17-5-4-16-14(17)11-7-10-3-6-18-13(10)12(8-11)9-15/h4-5,7-8H,2-3,6,9,15H2,1H3. The zero-order valence-corrected chi connectivity index (χ0v) is 10.5. The molecule has 0 unspecified atom stereocenters. The van der Waals surface area contributed by atoms with Crippen molar-refractivity contribution in [2.24, 2.45) is 5.73 Å². The molecule has 0 amide bonds.